The summed E-state index contributed by atoms with van der Waals surface area (Å²) < 4.78 is 64.9. The second-order valence-corrected chi connectivity index (χ2v) is 7.09. The summed E-state index contributed by atoms with van der Waals surface area (Å²) in [6.07, 6.45) is 0. The fourth-order valence-electron chi connectivity index (χ4n) is 2.42. The number of thiophene rings is 1. The zero-order chi connectivity index (χ0) is 23.5. The first-order chi connectivity index (χ1) is 14.6. The topological polar surface area (TPSA) is 100 Å². The Morgan fingerprint density at radius 1 is 1.16 bits per heavy atom. The molecule has 0 bridgehead atoms. The van der Waals surface area contributed by atoms with Gasteiger partial charge in [-0.05, 0) is 31.6 Å². The minimum Gasteiger partial charge on any atom is -0.491 e. The van der Waals surface area contributed by atoms with E-state index in [1.165, 1.54) is 6.92 Å². The van der Waals surface area contributed by atoms with E-state index in [0.29, 0.717) is 5.56 Å². The molecule has 2 aromatic rings. The Kier molecular flexibility index (Phi) is 7.53. The van der Waals surface area contributed by atoms with Crippen molar-refractivity contribution in [1.29, 1.82) is 5.26 Å². The first-order valence-electron chi connectivity index (χ1n) is 8.31. The minimum atomic E-state index is -1.98. The number of halogens is 4. The van der Waals surface area contributed by atoms with Gasteiger partial charge in [0.15, 0.2) is 22.5 Å². The quantitative estimate of drug-likeness (QED) is 0.294. The highest BCUT2D eigenvalue weighted by Gasteiger charge is 2.31. The smallest absolute Gasteiger partial charge is 0.348 e. The van der Waals surface area contributed by atoms with Crippen LogP contribution in [0.25, 0.3) is 0 Å². The third kappa shape index (κ3) is 4.59. The van der Waals surface area contributed by atoms with Crippen molar-refractivity contribution >= 4 is 45.5 Å². The Hall–Kier alpha value is -3.24. The van der Waals surface area contributed by atoms with Gasteiger partial charge in [0.1, 0.15) is 21.5 Å². The van der Waals surface area contributed by atoms with Crippen molar-refractivity contribution in [2.24, 2.45) is 0 Å². The van der Waals surface area contributed by atoms with Gasteiger partial charge in [0.25, 0.3) is 5.91 Å². The maximum absolute atomic E-state index is 14.1. The molecule has 1 heterocycles. The largest absolute Gasteiger partial charge is 0.491 e. The lowest BCUT2D eigenvalue weighted by molar-refractivity contribution is 0.0531. The molecule has 0 atom stereocenters. The number of amides is 1. The summed E-state index contributed by atoms with van der Waals surface area (Å²) in [5.41, 5.74) is -1.25. The van der Waals surface area contributed by atoms with Gasteiger partial charge in [-0.1, -0.05) is 0 Å². The van der Waals surface area contributed by atoms with Crippen LogP contribution in [-0.2, 0) is 4.74 Å². The molecule has 13 heteroatoms. The van der Waals surface area contributed by atoms with E-state index in [1.807, 2.05) is 11.4 Å². The van der Waals surface area contributed by atoms with Crippen LogP contribution in [0.2, 0.25) is 0 Å². The molecule has 1 amide bonds. The average Bonchev–Trinajstić information content (AvgIpc) is 3.02. The van der Waals surface area contributed by atoms with Crippen LogP contribution in [0.3, 0.4) is 0 Å². The third-order valence-electron chi connectivity index (χ3n) is 3.83. The summed E-state index contributed by atoms with van der Waals surface area (Å²) >= 11 is 5.67. The number of hydrogen-bond acceptors (Lipinski definition) is 7. The van der Waals surface area contributed by atoms with Gasteiger partial charge in [-0.25, -0.2) is 13.6 Å². The van der Waals surface area contributed by atoms with Gasteiger partial charge in [-0.3, -0.25) is 10.1 Å². The Morgan fingerprint density at radius 2 is 1.74 bits per heavy atom. The van der Waals surface area contributed by atoms with Crippen LogP contribution >= 0.6 is 23.6 Å². The summed E-state index contributed by atoms with van der Waals surface area (Å²) in [6.45, 7) is 3.18. The highest BCUT2D eigenvalue weighted by molar-refractivity contribution is 7.80. The molecule has 2 N–H and O–H groups in total. The summed E-state index contributed by atoms with van der Waals surface area (Å²) in [4.78, 5) is 24.3. The van der Waals surface area contributed by atoms with Crippen molar-refractivity contribution in [1.82, 2.24) is 5.32 Å². The number of benzene rings is 1. The molecule has 0 fully saturated rings. The van der Waals surface area contributed by atoms with Crippen LogP contribution in [0, 0.1) is 41.5 Å². The van der Waals surface area contributed by atoms with Crippen LogP contribution in [0.1, 0.15) is 38.1 Å². The summed E-state index contributed by atoms with van der Waals surface area (Å²) in [6, 6.07) is 1.85. The van der Waals surface area contributed by atoms with Crippen molar-refractivity contribution in [3.8, 4) is 11.8 Å². The highest BCUT2D eigenvalue weighted by Crippen LogP contribution is 2.33. The number of anilines is 1. The predicted molar refractivity (Wildman–Crippen MR) is 106 cm³/mol. The lowest BCUT2D eigenvalue weighted by Crippen LogP contribution is -2.35. The van der Waals surface area contributed by atoms with Crippen LogP contribution in [-0.4, -0.2) is 30.7 Å². The van der Waals surface area contributed by atoms with Gasteiger partial charge < -0.3 is 14.8 Å². The molecule has 0 aliphatic heterocycles. The maximum atomic E-state index is 14.1. The lowest BCUT2D eigenvalue weighted by Gasteiger charge is -2.12. The number of thiocarbonyl (C=S) groups is 1. The predicted octanol–water partition coefficient (Wildman–Crippen LogP) is 3.80. The van der Waals surface area contributed by atoms with Gasteiger partial charge >= 0.3 is 5.97 Å². The second-order valence-electron chi connectivity index (χ2n) is 5.67. The van der Waals surface area contributed by atoms with Crippen molar-refractivity contribution in [3.63, 3.8) is 0 Å². The zero-order valence-corrected chi connectivity index (χ0v) is 17.7. The second kappa shape index (κ2) is 9.71. The van der Waals surface area contributed by atoms with E-state index in [2.05, 4.69) is 10.1 Å². The van der Waals surface area contributed by atoms with Crippen LogP contribution in [0.4, 0.5) is 22.6 Å². The molecule has 164 valence electrons. The van der Waals surface area contributed by atoms with Crippen LogP contribution in [0.5, 0.6) is 5.75 Å². The zero-order valence-electron chi connectivity index (χ0n) is 16.1. The molecule has 7 nitrogen and oxygen atoms in total. The van der Waals surface area contributed by atoms with E-state index in [4.69, 9.17) is 17.0 Å². The summed E-state index contributed by atoms with van der Waals surface area (Å²) in [5, 5.41) is 13.1. The molecule has 0 radical (unpaired) electrons. The molecule has 1 aromatic heterocycles. The number of esters is 1. The first kappa shape index (κ1) is 24.0. The average molecular weight is 475 g/mol. The normalized spacial score (nSPS) is 10.3. The lowest BCUT2D eigenvalue weighted by atomic mass is 10.1. The molecule has 2 rings (SSSR count). The third-order valence-corrected chi connectivity index (χ3v) is 5.22. The fourth-order valence-corrected chi connectivity index (χ4v) is 3.73. The molecule has 31 heavy (non-hydrogen) atoms. The highest BCUT2D eigenvalue weighted by atomic mass is 32.1. The molecule has 0 aliphatic carbocycles. The Labute approximate surface area is 182 Å². The molecule has 0 saturated heterocycles. The van der Waals surface area contributed by atoms with Crippen molar-refractivity contribution in [2.75, 3.05) is 19.0 Å². The van der Waals surface area contributed by atoms with Crippen molar-refractivity contribution in [2.45, 2.75) is 13.8 Å². The number of nitriles is 1. The number of methoxy groups -OCH3 is 1. The monoisotopic (exact) mass is 475 g/mol. The maximum Gasteiger partial charge on any atom is 0.348 e. The SMILES string of the molecule is CCOC(=O)c1sc(NC(=S)NC(=O)c2c(F)c(F)c(OC)c(F)c2F)c(C#N)c1C. The van der Waals surface area contributed by atoms with Gasteiger partial charge in [0.2, 0.25) is 11.6 Å². The number of carbonyl (C=O) groups is 2. The van der Waals surface area contributed by atoms with Crippen LogP contribution in [0.15, 0.2) is 0 Å². The van der Waals surface area contributed by atoms with E-state index in [9.17, 15) is 32.4 Å². The molecule has 0 saturated carbocycles. The van der Waals surface area contributed by atoms with Gasteiger partial charge in [-0.2, -0.15) is 14.0 Å². The minimum absolute atomic E-state index is 0.0172. The standard InChI is InChI=1S/C18H13F4N3O4S2/c1-4-29-17(27)14-6(2)7(5-23)16(31-14)25-18(30)24-15(26)8-9(19)11(21)13(28-3)12(22)10(8)20/h4H2,1-3H3,(H2,24,25,26,30). The number of ether oxygens (including phenoxy) is 2. The molecule has 1 aromatic carbocycles. The molecule has 0 unspecified atom stereocenters. The van der Waals surface area contributed by atoms with E-state index >= 15 is 0 Å². The van der Waals surface area contributed by atoms with E-state index in [1.54, 1.807) is 6.92 Å². The number of nitrogens with one attached hydrogen (secondary N) is 2. The first-order valence-corrected chi connectivity index (χ1v) is 9.54. The van der Waals surface area contributed by atoms with E-state index in [-0.39, 0.29) is 22.0 Å². The molecule has 0 aliphatic rings. The number of rotatable bonds is 5. The van der Waals surface area contributed by atoms with Gasteiger partial charge in [-0.15, -0.1) is 11.3 Å². The van der Waals surface area contributed by atoms with E-state index < -0.39 is 51.6 Å². The molecule has 0 spiro atoms. The number of carbonyl (C=O) groups excluding carboxylic acids is 2. The van der Waals surface area contributed by atoms with Gasteiger partial charge in [0, 0.05) is 0 Å². The fraction of sp³-hybridized carbons (Fsp3) is 0.222. The number of nitrogens with zero attached hydrogens (tertiary/aromatic N) is 1. The number of hydrogen-bond donors (Lipinski definition) is 2. The van der Waals surface area contributed by atoms with E-state index in [0.717, 1.165) is 18.4 Å². The van der Waals surface area contributed by atoms with Crippen molar-refractivity contribution in [3.05, 3.63) is 44.8 Å². The Balaban J connectivity index is 2.31. The Morgan fingerprint density at radius 3 is 2.23 bits per heavy atom. The molecular formula is C18H13F4N3O4S2. The summed E-state index contributed by atoms with van der Waals surface area (Å²) in [5.74, 6) is -11.4. The van der Waals surface area contributed by atoms with Crippen molar-refractivity contribution < 1.29 is 36.6 Å². The molecular weight excluding hydrogens is 462 g/mol. The van der Waals surface area contributed by atoms with Crippen LogP contribution < -0.4 is 15.4 Å². The Bertz CT molecular complexity index is 1100. The summed E-state index contributed by atoms with van der Waals surface area (Å²) in [7, 11) is 0.791. The van der Waals surface area contributed by atoms with Gasteiger partial charge in [0.05, 0.1) is 19.3 Å².